The minimum Gasteiger partial charge on any atom is -0.382 e. The van der Waals surface area contributed by atoms with Crippen molar-refractivity contribution in [3.05, 3.63) is 35.0 Å². The minimum atomic E-state index is 0.767. The number of hydrogen-bond donors (Lipinski definition) is 3. The van der Waals surface area contributed by atoms with Crippen molar-refractivity contribution < 1.29 is 4.74 Å². The normalized spacial score (nSPS) is 11.9. The minimum absolute atomic E-state index is 0.767. The summed E-state index contributed by atoms with van der Waals surface area (Å²) in [6, 6.07) is 5.94. The van der Waals surface area contributed by atoms with Gasteiger partial charge >= 0.3 is 0 Å². The number of aliphatic imine (C=N–C) groups is 1. The highest BCUT2D eigenvalue weighted by Crippen LogP contribution is 2.22. The molecule has 0 radical (unpaired) electrons. The average molecular weight is 365 g/mol. The number of ether oxygens (including phenoxy) is 1. The molecule has 25 heavy (non-hydrogen) atoms. The molecule has 2 aromatic rings. The molecule has 1 aromatic carbocycles. The third kappa shape index (κ3) is 6.59. The van der Waals surface area contributed by atoms with Crippen molar-refractivity contribution in [3.63, 3.8) is 0 Å². The molecule has 1 heterocycles. The Hall–Kier alpha value is -1.72. The van der Waals surface area contributed by atoms with Gasteiger partial charge in [0.1, 0.15) is 0 Å². The summed E-state index contributed by atoms with van der Waals surface area (Å²) in [5.74, 6) is 0.872. The third-order valence-corrected chi connectivity index (χ3v) is 4.17. The number of hydrogen-bond acceptors (Lipinski definition) is 2. The molecule has 0 bridgehead atoms. The first kappa shape index (κ1) is 19.6. The van der Waals surface area contributed by atoms with Crippen molar-refractivity contribution in [3.8, 4) is 0 Å². The fraction of sp³-hybridized carbons (Fsp3) is 0.526. The number of fused-ring (bicyclic) bond motifs is 1. The van der Waals surface area contributed by atoms with Gasteiger partial charge in [-0.2, -0.15) is 0 Å². The van der Waals surface area contributed by atoms with E-state index in [-0.39, 0.29) is 0 Å². The van der Waals surface area contributed by atoms with Crippen LogP contribution < -0.4 is 10.6 Å². The zero-order valence-electron chi connectivity index (χ0n) is 15.2. The van der Waals surface area contributed by atoms with Crippen LogP contribution in [0.15, 0.2) is 29.4 Å². The maximum atomic E-state index is 6.11. The van der Waals surface area contributed by atoms with E-state index in [9.17, 15) is 0 Å². The zero-order chi connectivity index (χ0) is 17.9. The quantitative estimate of drug-likeness (QED) is 0.342. The van der Waals surface area contributed by atoms with E-state index in [0.29, 0.717) is 0 Å². The average Bonchev–Trinajstić information content (AvgIpc) is 3.00. The molecule has 0 unspecified atom stereocenters. The summed E-state index contributed by atoms with van der Waals surface area (Å²) in [7, 11) is 0. The molecule has 0 saturated heterocycles. The first-order valence-electron chi connectivity index (χ1n) is 9.10. The van der Waals surface area contributed by atoms with E-state index >= 15 is 0 Å². The molecule has 0 aliphatic rings. The highest BCUT2D eigenvalue weighted by molar-refractivity contribution is 6.31. The van der Waals surface area contributed by atoms with Crippen LogP contribution in [0.3, 0.4) is 0 Å². The number of unbranched alkanes of at least 4 members (excludes halogenated alkanes) is 1. The van der Waals surface area contributed by atoms with E-state index in [2.05, 4.69) is 33.7 Å². The molecular weight excluding hydrogens is 336 g/mol. The van der Waals surface area contributed by atoms with Gasteiger partial charge < -0.3 is 20.4 Å². The van der Waals surface area contributed by atoms with E-state index in [0.717, 1.165) is 68.6 Å². The van der Waals surface area contributed by atoms with Crippen LogP contribution in [0.4, 0.5) is 0 Å². The van der Waals surface area contributed by atoms with Crippen molar-refractivity contribution >= 4 is 28.5 Å². The van der Waals surface area contributed by atoms with Gasteiger partial charge in [-0.25, -0.2) is 0 Å². The van der Waals surface area contributed by atoms with E-state index < -0.39 is 0 Å². The Morgan fingerprint density at radius 1 is 1.24 bits per heavy atom. The van der Waals surface area contributed by atoms with E-state index in [4.69, 9.17) is 16.3 Å². The SMILES string of the molecule is CCNC(=NCCCCOCC)NCCc1c[nH]c2ccc(Cl)cc12. The smallest absolute Gasteiger partial charge is 0.191 e. The second-order valence-electron chi connectivity index (χ2n) is 5.85. The van der Waals surface area contributed by atoms with Crippen LogP contribution in [0.25, 0.3) is 10.9 Å². The Labute approximate surface area is 155 Å². The van der Waals surface area contributed by atoms with Gasteiger partial charge in [0.2, 0.25) is 0 Å². The summed E-state index contributed by atoms with van der Waals surface area (Å²) >= 11 is 6.11. The molecule has 0 aliphatic heterocycles. The maximum Gasteiger partial charge on any atom is 0.191 e. The number of nitrogens with one attached hydrogen (secondary N) is 3. The van der Waals surface area contributed by atoms with Gasteiger partial charge in [0.05, 0.1) is 0 Å². The molecule has 0 amide bonds. The number of H-pyrrole nitrogens is 1. The van der Waals surface area contributed by atoms with Crippen LogP contribution in [-0.4, -0.2) is 43.8 Å². The second-order valence-corrected chi connectivity index (χ2v) is 6.28. The van der Waals surface area contributed by atoms with Crippen molar-refractivity contribution in [2.24, 2.45) is 4.99 Å². The monoisotopic (exact) mass is 364 g/mol. The number of nitrogens with zero attached hydrogens (tertiary/aromatic N) is 1. The summed E-state index contributed by atoms with van der Waals surface area (Å²) < 4.78 is 5.35. The van der Waals surface area contributed by atoms with Gasteiger partial charge in [-0.15, -0.1) is 0 Å². The summed E-state index contributed by atoms with van der Waals surface area (Å²) in [4.78, 5) is 7.91. The van der Waals surface area contributed by atoms with E-state index in [1.165, 1.54) is 10.9 Å². The Balaban J connectivity index is 1.80. The third-order valence-electron chi connectivity index (χ3n) is 3.93. The van der Waals surface area contributed by atoms with Gasteiger partial charge in [-0.05, 0) is 56.9 Å². The first-order chi connectivity index (χ1) is 12.2. The number of guanidine groups is 1. The number of benzene rings is 1. The fourth-order valence-corrected chi connectivity index (χ4v) is 2.84. The predicted octanol–water partition coefficient (Wildman–Crippen LogP) is 3.74. The Morgan fingerprint density at radius 2 is 2.12 bits per heavy atom. The zero-order valence-corrected chi connectivity index (χ0v) is 16.0. The van der Waals surface area contributed by atoms with Crippen LogP contribution in [-0.2, 0) is 11.2 Å². The molecule has 0 fully saturated rings. The molecule has 3 N–H and O–H groups in total. The van der Waals surface area contributed by atoms with Gasteiger partial charge in [0.15, 0.2) is 5.96 Å². The topological polar surface area (TPSA) is 61.4 Å². The number of rotatable bonds is 10. The van der Waals surface area contributed by atoms with Crippen LogP contribution in [0.5, 0.6) is 0 Å². The summed E-state index contributed by atoms with van der Waals surface area (Å²) in [6.07, 6.45) is 5.06. The molecule has 0 atom stereocenters. The summed E-state index contributed by atoms with van der Waals surface area (Å²) in [5, 5.41) is 8.64. The molecule has 5 nitrogen and oxygen atoms in total. The lowest BCUT2D eigenvalue weighted by atomic mass is 10.1. The molecule has 2 rings (SSSR count). The van der Waals surface area contributed by atoms with Crippen molar-refractivity contribution in [2.45, 2.75) is 33.1 Å². The van der Waals surface area contributed by atoms with Crippen LogP contribution >= 0.6 is 11.6 Å². The molecule has 0 aliphatic carbocycles. The Bertz CT molecular complexity index is 668. The highest BCUT2D eigenvalue weighted by Gasteiger charge is 2.05. The maximum absolute atomic E-state index is 6.11. The standard InChI is InChI=1S/C19H29ClN4O/c1-3-21-19(22-10-5-6-12-25-4-2)23-11-9-15-14-24-18-8-7-16(20)13-17(15)18/h7-8,13-14,24H,3-6,9-12H2,1-2H3,(H2,21,22,23). The lowest BCUT2D eigenvalue weighted by Crippen LogP contribution is -2.38. The van der Waals surface area contributed by atoms with Gasteiger partial charge in [-0.3, -0.25) is 4.99 Å². The lowest BCUT2D eigenvalue weighted by Gasteiger charge is -2.11. The fourth-order valence-electron chi connectivity index (χ4n) is 2.67. The van der Waals surface area contributed by atoms with Crippen LogP contribution in [0, 0.1) is 0 Å². The van der Waals surface area contributed by atoms with Gasteiger partial charge in [0.25, 0.3) is 0 Å². The van der Waals surface area contributed by atoms with Crippen LogP contribution in [0.1, 0.15) is 32.3 Å². The predicted molar refractivity (Wildman–Crippen MR) is 107 cm³/mol. The van der Waals surface area contributed by atoms with Gasteiger partial charge in [0, 0.05) is 55.0 Å². The van der Waals surface area contributed by atoms with Crippen molar-refractivity contribution in [1.29, 1.82) is 0 Å². The molecule has 0 saturated carbocycles. The Kier molecular flexibility index (Phi) is 8.63. The van der Waals surface area contributed by atoms with Crippen molar-refractivity contribution in [1.82, 2.24) is 15.6 Å². The molecule has 0 spiro atoms. The largest absolute Gasteiger partial charge is 0.382 e. The molecular formula is C19H29ClN4O. The number of aromatic nitrogens is 1. The van der Waals surface area contributed by atoms with Gasteiger partial charge in [-0.1, -0.05) is 11.6 Å². The van der Waals surface area contributed by atoms with E-state index in [1.807, 2.05) is 25.1 Å². The first-order valence-corrected chi connectivity index (χ1v) is 9.47. The molecule has 1 aromatic heterocycles. The number of halogens is 1. The summed E-state index contributed by atoms with van der Waals surface area (Å²) in [6.45, 7) is 8.19. The Morgan fingerprint density at radius 3 is 2.92 bits per heavy atom. The second kappa shape index (κ2) is 11.0. The van der Waals surface area contributed by atoms with Crippen molar-refractivity contribution in [2.75, 3.05) is 32.8 Å². The molecule has 138 valence electrons. The van der Waals surface area contributed by atoms with E-state index in [1.54, 1.807) is 0 Å². The number of aromatic amines is 1. The molecule has 6 heteroatoms. The summed E-state index contributed by atoms with van der Waals surface area (Å²) in [5.41, 5.74) is 2.38. The van der Waals surface area contributed by atoms with Crippen LogP contribution in [0.2, 0.25) is 5.02 Å². The highest BCUT2D eigenvalue weighted by atomic mass is 35.5. The lowest BCUT2D eigenvalue weighted by molar-refractivity contribution is 0.144.